The van der Waals surface area contributed by atoms with E-state index in [1.54, 1.807) is 0 Å². The third-order valence-electron chi connectivity index (χ3n) is 4.42. The van der Waals surface area contributed by atoms with Gasteiger partial charge in [0.15, 0.2) is 11.6 Å². The van der Waals surface area contributed by atoms with Gasteiger partial charge in [0.05, 0.1) is 11.9 Å². The van der Waals surface area contributed by atoms with Crippen LogP contribution in [0.4, 0.5) is 14.6 Å². The fourth-order valence-electron chi connectivity index (χ4n) is 2.95. The van der Waals surface area contributed by atoms with Crippen molar-refractivity contribution in [3.63, 3.8) is 0 Å². The lowest BCUT2D eigenvalue weighted by molar-refractivity contribution is -0.120. The highest BCUT2D eigenvalue weighted by Gasteiger charge is 2.40. The number of halogens is 2. The van der Waals surface area contributed by atoms with Gasteiger partial charge < -0.3 is 9.80 Å². The SMILES string of the molecule is O=C1N=C(N2CCN(c3ncncc3F)CC2)N=C(C2CC2)C1F. The molecule has 2 aliphatic heterocycles. The molecule has 3 heterocycles. The molecule has 7 nitrogen and oxygen atoms in total. The van der Waals surface area contributed by atoms with E-state index in [4.69, 9.17) is 0 Å². The van der Waals surface area contributed by atoms with Gasteiger partial charge in [0.2, 0.25) is 12.1 Å². The Morgan fingerprint density at radius 3 is 2.46 bits per heavy atom. The van der Waals surface area contributed by atoms with Crippen LogP contribution in [-0.4, -0.2) is 64.8 Å². The van der Waals surface area contributed by atoms with Crippen LogP contribution in [0.25, 0.3) is 0 Å². The zero-order valence-corrected chi connectivity index (χ0v) is 12.9. The van der Waals surface area contributed by atoms with E-state index in [9.17, 15) is 13.6 Å². The molecule has 1 saturated carbocycles. The highest BCUT2D eigenvalue weighted by Crippen LogP contribution is 2.34. The van der Waals surface area contributed by atoms with Crippen molar-refractivity contribution in [1.29, 1.82) is 0 Å². The maximum Gasteiger partial charge on any atom is 0.289 e. The highest BCUT2D eigenvalue weighted by atomic mass is 19.1. The minimum Gasteiger partial charge on any atom is -0.351 e. The number of piperazine rings is 1. The molecule has 4 rings (SSSR count). The lowest BCUT2D eigenvalue weighted by Crippen LogP contribution is -2.50. The minimum atomic E-state index is -1.70. The molecule has 0 aromatic carbocycles. The maximum atomic E-state index is 13.9. The van der Waals surface area contributed by atoms with Gasteiger partial charge in [-0.3, -0.25) is 4.79 Å². The molecule has 1 aliphatic carbocycles. The normalized spacial score (nSPS) is 24.8. The van der Waals surface area contributed by atoms with Crippen molar-refractivity contribution in [2.45, 2.75) is 19.0 Å². The summed E-state index contributed by atoms with van der Waals surface area (Å²) in [4.78, 5) is 31.1. The van der Waals surface area contributed by atoms with E-state index in [0.29, 0.717) is 31.9 Å². The van der Waals surface area contributed by atoms with Crippen molar-refractivity contribution >= 4 is 23.4 Å². The predicted octanol–water partition coefficient (Wildman–Crippen LogP) is 0.823. The number of nitrogens with zero attached hydrogens (tertiary/aromatic N) is 6. The molecule has 9 heteroatoms. The molecule has 1 amide bonds. The first-order valence-electron chi connectivity index (χ1n) is 7.94. The first kappa shape index (κ1) is 15.1. The van der Waals surface area contributed by atoms with Gasteiger partial charge in [-0.05, 0) is 12.8 Å². The Morgan fingerprint density at radius 1 is 1.08 bits per heavy atom. The number of hydrogen-bond donors (Lipinski definition) is 0. The molecule has 1 atom stereocenters. The average Bonchev–Trinajstić information content (AvgIpc) is 3.43. The molecule has 1 aromatic rings. The molecular formula is C15H16F2N6O. The van der Waals surface area contributed by atoms with Crippen LogP contribution in [0.1, 0.15) is 12.8 Å². The van der Waals surface area contributed by atoms with Crippen molar-refractivity contribution in [1.82, 2.24) is 14.9 Å². The van der Waals surface area contributed by atoms with Gasteiger partial charge in [0, 0.05) is 32.1 Å². The Morgan fingerprint density at radius 2 is 1.79 bits per heavy atom. The Bertz CT molecular complexity index is 724. The molecule has 24 heavy (non-hydrogen) atoms. The summed E-state index contributed by atoms with van der Waals surface area (Å²) in [6.07, 6.45) is 2.49. The van der Waals surface area contributed by atoms with Gasteiger partial charge in [0.25, 0.3) is 5.91 Å². The molecule has 0 bridgehead atoms. The highest BCUT2D eigenvalue weighted by molar-refractivity contribution is 6.18. The van der Waals surface area contributed by atoms with E-state index in [2.05, 4.69) is 20.0 Å². The van der Waals surface area contributed by atoms with Gasteiger partial charge in [-0.2, -0.15) is 4.99 Å². The van der Waals surface area contributed by atoms with Crippen molar-refractivity contribution in [3.05, 3.63) is 18.3 Å². The standard InChI is InChI=1S/C15H16F2N6O/c16-10-7-18-8-19-13(10)22-3-5-23(6-4-22)15-20-12(9-1-2-9)11(17)14(24)21-15/h7-9,11H,1-6H2. The fourth-order valence-corrected chi connectivity index (χ4v) is 2.95. The number of aromatic nitrogens is 2. The number of guanidine groups is 1. The van der Waals surface area contributed by atoms with Gasteiger partial charge in [-0.1, -0.05) is 0 Å². The van der Waals surface area contributed by atoms with Crippen LogP contribution in [0.15, 0.2) is 22.5 Å². The van der Waals surface area contributed by atoms with Crippen LogP contribution in [0.2, 0.25) is 0 Å². The first-order valence-corrected chi connectivity index (χ1v) is 7.94. The van der Waals surface area contributed by atoms with Crippen LogP contribution in [0, 0.1) is 11.7 Å². The average molecular weight is 334 g/mol. The van der Waals surface area contributed by atoms with Gasteiger partial charge in [-0.25, -0.2) is 23.7 Å². The van der Waals surface area contributed by atoms with Gasteiger partial charge in [-0.15, -0.1) is 0 Å². The second-order valence-corrected chi connectivity index (χ2v) is 6.09. The van der Waals surface area contributed by atoms with E-state index in [1.807, 2.05) is 9.80 Å². The predicted molar refractivity (Wildman–Crippen MR) is 83.3 cm³/mol. The summed E-state index contributed by atoms with van der Waals surface area (Å²) in [6.45, 7) is 2.03. The summed E-state index contributed by atoms with van der Waals surface area (Å²) in [5.74, 6) is -0.626. The summed E-state index contributed by atoms with van der Waals surface area (Å²) >= 11 is 0. The van der Waals surface area contributed by atoms with E-state index >= 15 is 0 Å². The molecule has 1 unspecified atom stereocenters. The van der Waals surface area contributed by atoms with E-state index in [0.717, 1.165) is 19.0 Å². The topological polar surface area (TPSA) is 74.1 Å². The van der Waals surface area contributed by atoms with E-state index in [-0.39, 0.29) is 17.7 Å². The molecule has 0 radical (unpaired) electrons. The van der Waals surface area contributed by atoms with Crippen LogP contribution in [0.5, 0.6) is 0 Å². The van der Waals surface area contributed by atoms with Crippen molar-refractivity contribution < 1.29 is 13.6 Å². The number of hydrogen-bond acceptors (Lipinski definition) is 6. The smallest absolute Gasteiger partial charge is 0.289 e. The first-order chi connectivity index (χ1) is 11.6. The minimum absolute atomic E-state index is 0.0749. The second kappa shape index (κ2) is 5.88. The molecule has 1 aromatic heterocycles. The van der Waals surface area contributed by atoms with Crippen molar-refractivity contribution in [2.24, 2.45) is 15.9 Å². The number of carbonyl (C=O) groups excluding carboxylic acids is 1. The van der Waals surface area contributed by atoms with Crippen LogP contribution < -0.4 is 4.90 Å². The Balaban J connectivity index is 1.47. The third-order valence-corrected chi connectivity index (χ3v) is 4.42. The number of rotatable bonds is 2. The molecule has 2 fully saturated rings. The largest absolute Gasteiger partial charge is 0.351 e. The van der Waals surface area contributed by atoms with E-state index < -0.39 is 17.9 Å². The zero-order valence-electron chi connectivity index (χ0n) is 12.9. The lowest BCUT2D eigenvalue weighted by atomic mass is 10.1. The number of amides is 1. The summed E-state index contributed by atoms with van der Waals surface area (Å²) in [5, 5.41) is 0. The van der Waals surface area contributed by atoms with Crippen LogP contribution >= 0.6 is 0 Å². The summed E-state index contributed by atoms with van der Waals surface area (Å²) in [5.41, 5.74) is 0.314. The van der Waals surface area contributed by atoms with Crippen molar-refractivity contribution in [2.75, 3.05) is 31.1 Å². The summed E-state index contributed by atoms with van der Waals surface area (Å²) < 4.78 is 27.7. The molecule has 1 saturated heterocycles. The second-order valence-electron chi connectivity index (χ2n) is 6.09. The third kappa shape index (κ3) is 2.74. The molecule has 126 valence electrons. The van der Waals surface area contributed by atoms with Gasteiger partial charge in [0.1, 0.15) is 6.33 Å². The Labute approximate surface area is 137 Å². The molecule has 0 N–H and O–H groups in total. The van der Waals surface area contributed by atoms with Crippen molar-refractivity contribution in [3.8, 4) is 0 Å². The Kier molecular flexibility index (Phi) is 3.70. The number of alkyl halides is 1. The number of anilines is 1. The van der Waals surface area contributed by atoms with E-state index in [1.165, 1.54) is 6.33 Å². The quantitative estimate of drug-likeness (QED) is 0.801. The maximum absolute atomic E-state index is 13.9. The summed E-state index contributed by atoms with van der Waals surface area (Å²) in [6, 6.07) is 0. The number of carbonyl (C=O) groups is 1. The van der Waals surface area contributed by atoms with Gasteiger partial charge >= 0.3 is 0 Å². The molecule has 3 aliphatic rings. The fraction of sp³-hybridized carbons (Fsp3) is 0.533. The van der Waals surface area contributed by atoms with Crippen LogP contribution in [-0.2, 0) is 4.79 Å². The lowest BCUT2D eigenvalue weighted by Gasteiger charge is -2.36. The molecule has 0 spiro atoms. The monoisotopic (exact) mass is 334 g/mol. The molecular weight excluding hydrogens is 318 g/mol. The van der Waals surface area contributed by atoms with Crippen LogP contribution in [0.3, 0.4) is 0 Å². The Hall–Kier alpha value is -2.45. The number of aliphatic imine (C=N–C) groups is 2. The summed E-state index contributed by atoms with van der Waals surface area (Å²) in [7, 11) is 0. The zero-order chi connectivity index (χ0) is 16.7.